The lowest BCUT2D eigenvalue weighted by atomic mass is 10.2. The summed E-state index contributed by atoms with van der Waals surface area (Å²) in [4.78, 5) is 3.56. The van der Waals surface area contributed by atoms with E-state index in [-0.39, 0.29) is 0 Å². The van der Waals surface area contributed by atoms with E-state index in [2.05, 4.69) is 25.6 Å². The maximum absolute atomic E-state index is 13.5. The summed E-state index contributed by atoms with van der Waals surface area (Å²) in [5.41, 5.74) is 1.10. The number of aryl methyl sites for hydroxylation is 1. The Balaban J connectivity index is 2.43. The molecule has 0 aliphatic heterocycles. The number of hydrogen-bond donors (Lipinski definition) is 1. The Kier molecular flexibility index (Phi) is 3.86. The summed E-state index contributed by atoms with van der Waals surface area (Å²) >= 11 is 3.25. The molecule has 1 heterocycles. The first-order chi connectivity index (χ1) is 8.90. The number of rotatable bonds is 3. The van der Waals surface area contributed by atoms with Crippen LogP contribution >= 0.6 is 15.9 Å². The highest BCUT2D eigenvalue weighted by Crippen LogP contribution is 2.23. The van der Waals surface area contributed by atoms with Crippen molar-refractivity contribution in [1.29, 1.82) is 0 Å². The second-order valence-corrected chi connectivity index (χ2v) is 6.37. The average molecular weight is 345 g/mol. The minimum Gasteiger partial charge on any atom is -0.278 e. The van der Waals surface area contributed by atoms with Gasteiger partial charge in [-0.1, -0.05) is 22.0 Å². The number of pyridine rings is 1. The van der Waals surface area contributed by atoms with Gasteiger partial charge >= 0.3 is 0 Å². The van der Waals surface area contributed by atoms with E-state index in [1.165, 1.54) is 12.3 Å². The van der Waals surface area contributed by atoms with Crippen LogP contribution in [0.3, 0.4) is 0 Å². The van der Waals surface area contributed by atoms with E-state index in [9.17, 15) is 12.8 Å². The van der Waals surface area contributed by atoms with Gasteiger partial charge in [0.1, 0.15) is 0 Å². The fraction of sp³-hybridized carbons (Fsp3) is 0.0833. The smallest absolute Gasteiger partial charge is 0.278 e. The molecule has 4 nitrogen and oxygen atoms in total. The van der Waals surface area contributed by atoms with Gasteiger partial charge in [-0.3, -0.25) is 4.72 Å². The lowest BCUT2D eigenvalue weighted by Gasteiger charge is -2.10. The maximum Gasteiger partial charge on any atom is 0.282 e. The molecule has 0 aliphatic rings. The molecule has 1 aromatic heterocycles. The van der Waals surface area contributed by atoms with Crippen LogP contribution in [-0.4, -0.2) is 13.4 Å². The molecule has 0 bridgehead atoms. The summed E-state index contributed by atoms with van der Waals surface area (Å²) in [6, 6.07) is 7.52. The molecule has 1 aromatic carbocycles. The predicted molar refractivity (Wildman–Crippen MR) is 73.9 cm³/mol. The minimum absolute atomic E-state index is 0.374. The quantitative estimate of drug-likeness (QED) is 0.930. The van der Waals surface area contributed by atoms with Gasteiger partial charge in [0.05, 0.1) is 5.69 Å². The van der Waals surface area contributed by atoms with Crippen LogP contribution in [0.25, 0.3) is 0 Å². The van der Waals surface area contributed by atoms with Gasteiger partial charge in [0.25, 0.3) is 10.0 Å². The van der Waals surface area contributed by atoms with Crippen molar-refractivity contribution in [1.82, 2.24) is 4.98 Å². The average Bonchev–Trinajstić information content (AvgIpc) is 2.34. The van der Waals surface area contributed by atoms with E-state index in [0.717, 1.165) is 16.1 Å². The van der Waals surface area contributed by atoms with Crippen molar-refractivity contribution in [2.24, 2.45) is 0 Å². The highest BCUT2D eigenvalue weighted by atomic mass is 79.9. The number of hydrogen-bond acceptors (Lipinski definition) is 3. The Labute approximate surface area is 118 Å². The first kappa shape index (κ1) is 14.0. The zero-order valence-corrected chi connectivity index (χ0v) is 12.3. The van der Waals surface area contributed by atoms with Crippen molar-refractivity contribution in [3.8, 4) is 0 Å². The number of aromatic nitrogens is 1. The number of nitrogens with zero attached hydrogens (tertiary/aromatic N) is 1. The van der Waals surface area contributed by atoms with Crippen LogP contribution in [0.15, 0.2) is 46.0 Å². The molecule has 0 saturated carbocycles. The van der Waals surface area contributed by atoms with E-state index in [1.54, 1.807) is 25.1 Å². The second kappa shape index (κ2) is 5.26. The monoisotopic (exact) mass is 344 g/mol. The topological polar surface area (TPSA) is 59.1 Å². The van der Waals surface area contributed by atoms with Crippen LogP contribution in [0.1, 0.15) is 5.56 Å². The van der Waals surface area contributed by atoms with E-state index >= 15 is 0 Å². The molecule has 100 valence electrons. The number of benzene rings is 1. The molecule has 0 saturated heterocycles. The molecule has 0 fully saturated rings. The Hall–Kier alpha value is -1.47. The molecule has 0 spiro atoms. The summed E-state index contributed by atoms with van der Waals surface area (Å²) in [5, 5.41) is -0.616. The first-order valence-electron chi connectivity index (χ1n) is 5.29. The van der Waals surface area contributed by atoms with Crippen LogP contribution in [-0.2, 0) is 10.0 Å². The maximum atomic E-state index is 13.5. The van der Waals surface area contributed by atoms with Crippen molar-refractivity contribution < 1.29 is 12.8 Å². The largest absolute Gasteiger partial charge is 0.282 e. The van der Waals surface area contributed by atoms with Gasteiger partial charge in [-0.2, -0.15) is 8.42 Å². The van der Waals surface area contributed by atoms with Gasteiger partial charge in [-0.05, 0) is 36.8 Å². The van der Waals surface area contributed by atoms with Crippen molar-refractivity contribution in [3.05, 3.63) is 52.4 Å². The normalized spacial score (nSPS) is 11.3. The molecule has 2 aromatic rings. The lowest BCUT2D eigenvalue weighted by Crippen LogP contribution is -2.16. The first-order valence-corrected chi connectivity index (χ1v) is 7.57. The zero-order valence-electron chi connectivity index (χ0n) is 9.89. The number of sulfonamides is 1. The molecular formula is C12H10BrFN2O2S. The highest BCUT2D eigenvalue weighted by Gasteiger charge is 2.21. The minimum atomic E-state index is -4.04. The van der Waals surface area contributed by atoms with Crippen molar-refractivity contribution >= 4 is 31.6 Å². The SMILES string of the molecule is Cc1ccc(Br)cc1NS(=O)(=O)c1ncccc1F. The molecular weight excluding hydrogens is 335 g/mol. The van der Waals surface area contributed by atoms with Gasteiger partial charge < -0.3 is 0 Å². The molecule has 2 rings (SSSR count). The highest BCUT2D eigenvalue weighted by molar-refractivity contribution is 9.10. The van der Waals surface area contributed by atoms with Crippen molar-refractivity contribution in [2.45, 2.75) is 11.9 Å². The van der Waals surface area contributed by atoms with Gasteiger partial charge in [-0.25, -0.2) is 9.37 Å². The van der Waals surface area contributed by atoms with E-state index < -0.39 is 20.9 Å². The molecule has 0 unspecified atom stereocenters. The Morgan fingerprint density at radius 1 is 1.32 bits per heavy atom. The number of halogens is 2. The molecule has 19 heavy (non-hydrogen) atoms. The molecule has 0 radical (unpaired) electrons. The predicted octanol–water partition coefficient (Wildman–Crippen LogP) is 3.09. The third kappa shape index (κ3) is 3.10. The molecule has 0 amide bonds. The van der Waals surface area contributed by atoms with Crippen LogP contribution in [0.2, 0.25) is 0 Å². The summed E-state index contributed by atoms with van der Waals surface area (Å²) in [6.07, 6.45) is 1.23. The summed E-state index contributed by atoms with van der Waals surface area (Å²) in [6.45, 7) is 1.75. The molecule has 0 aliphatic carbocycles. The Bertz CT molecular complexity index is 719. The summed E-state index contributed by atoms with van der Waals surface area (Å²) < 4.78 is 40.6. The van der Waals surface area contributed by atoms with Crippen LogP contribution in [0.4, 0.5) is 10.1 Å². The molecule has 1 N–H and O–H groups in total. The van der Waals surface area contributed by atoms with Crippen molar-refractivity contribution in [3.63, 3.8) is 0 Å². The lowest BCUT2D eigenvalue weighted by molar-refractivity contribution is 0.557. The fourth-order valence-electron chi connectivity index (χ4n) is 1.47. The second-order valence-electron chi connectivity index (χ2n) is 3.86. The molecule has 7 heteroatoms. The van der Waals surface area contributed by atoms with Gasteiger partial charge in [0, 0.05) is 10.7 Å². The van der Waals surface area contributed by atoms with Crippen LogP contribution in [0.5, 0.6) is 0 Å². The third-order valence-corrected chi connectivity index (χ3v) is 4.21. The Morgan fingerprint density at radius 3 is 2.74 bits per heavy atom. The van der Waals surface area contributed by atoms with Crippen LogP contribution < -0.4 is 4.72 Å². The third-order valence-electron chi connectivity index (χ3n) is 2.42. The van der Waals surface area contributed by atoms with Crippen molar-refractivity contribution in [2.75, 3.05) is 4.72 Å². The van der Waals surface area contributed by atoms with Gasteiger partial charge in [0.15, 0.2) is 5.82 Å². The number of anilines is 1. The summed E-state index contributed by atoms with van der Waals surface area (Å²) in [7, 11) is -4.04. The van der Waals surface area contributed by atoms with Crippen LogP contribution in [0, 0.1) is 12.7 Å². The van der Waals surface area contributed by atoms with Gasteiger partial charge in [0.2, 0.25) is 5.03 Å². The van der Waals surface area contributed by atoms with E-state index in [0.29, 0.717) is 5.69 Å². The van der Waals surface area contributed by atoms with E-state index in [4.69, 9.17) is 0 Å². The van der Waals surface area contributed by atoms with E-state index in [1.807, 2.05) is 0 Å². The zero-order chi connectivity index (χ0) is 14.0. The Morgan fingerprint density at radius 2 is 2.05 bits per heavy atom. The number of nitrogens with one attached hydrogen (secondary N) is 1. The van der Waals surface area contributed by atoms with Gasteiger partial charge in [-0.15, -0.1) is 0 Å². The fourth-order valence-corrected chi connectivity index (χ4v) is 2.96. The molecule has 0 atom stereocenters. The summed E-state index contributed by atoms with van der Waals surface area (Å²) in [5.74, 6) is -0.886. The standard InChI is InChI=1S/C12H10BrFN2O2S/c1-8-4-5-9(13)7-11(8)16-19(17,18)12-10(14)3-2-6-15-12/h2-7,16H,1H3.